The smallest absolute Gasteiger partial charge is 0.251 e. The molecule has 6 nitrogen and oxygen atoms in total. The molecule has 112 valence electrons. The summed E-state index contributed by atoms with van der Waals surface area (Å²) < 4.78 is 6.67. The van der Waals surface area contributed by atoms with E-state index in [0.717, 1.165) is 6.42 Å². The number of carbonyl (C=O) groups is 1. The molecule has 1 aromatic heterocycles. The molecule has 0 bridgehead atoms. The zero-order chi connectivity index (χ0) is 15.0. The number of nitrogens with one attached hydrogen (secondary N) is 1. The topological polar surface area (TPSA) is 86.3 Å². The molecule has 0 radical (unpaired) electrons. The van der Waals surface area contributed by atoms with Gasteiger partial charge in [-0.1, -0.05) is 13.8 Å². The SMILES string of the molecule is CC(C)CCOCCNC(=O)Cn1cc(N)ccc1=O. The number of aromatic nitrogens is 1. The summed E-state index contributed by atoms with van der Waals surface area (Å²) in [6, 6.07) is 2.86. The molecule has 1 amide bonds. The van der Waals surface area contributed by atoms with E-state index in [1.54, 1.807) is 0 Å². The van der Waals surface area contributed by atoms with Crippen LogP contribution < -0.4 is 16.6 Å². The molecule has 0 spiro atoms. The van der Waals surface area contributed by atoms with E-state index in [9.17, 15) is 9.59 Å². The molecular formula is C14H23N3O3. The van der Waals surface area contributed by atoms with Gasteiger partial charge in [-0.2, -0.15) is 0 Å². The van der Waals surface area contributed by atoms with E-state index >= 15 is 0 Å². The van der Waals surface area contributed by atoms with Gasteiger partial charge in [-0.15, -0.1) is 0 Å². The third-order valence-electron chi connectivity index (χ3n) is 2.73. The van der Waals surface area contributed by atoms with Gasteiger partial charge in [-0.3, -0.25) is 9.59 Å². The van der Waals surface area contributed by atoms with Crippen LogP contribution in [-0.4, -0.2) is 30.2 Å². The van der Waals surface area contributed by atoms with Crippen molar-refractivity contribution in [3.8, 4) is 0 Å². The Bertz CT molecular complexity index is 483. The van der Waals surface area contributed by atoms with Gasteiger partial charge in [0.2, 0.25) is 5.91 Å². The molecule has 3 N–H and O–H groups in total. The van der Waals surface area contributed by atoms with E-state index < -0.39 is 0 Å². The van der Waals surface area contributed by atoms with Crippen molar-refractivity contribution in [2.75, 3.05) is 25.5 Å². The number of anilines is 1. The molecule has 0 aliphatic heterocycles. The summed E-state index contributed by atoms with van der Waals surface area (Å²) in [6.07, 6.45) is 2.47. The highest BCUT2D eigenvalue weighted by Gasteiger charge is 2.04. The molecule has 1 rings (SSSR count). The summed E-state index contributed by atoms with van der Waals surface area (Å²) in [5, 5.41) is 2.70. The average Bonchev–Trinajstić information content (AvgIpc) is 2.37. The maximum atomic E-state index is 11.6. The van der Waals surface area contributed by atoms with Gasteiger partial charge in [0.25, 0.3) is 5.56 Å². The van der Waals surface area contributed by atoms with Gasteiger partial charge in [0.05, 0.1) is 6.61 Å². The minimum Gasteiger partial charge on any atom is -0.398 e. The first-order chi connectivity index (χ1) is 9.49. The lowest BCUT2D eigenvalue weighted by molar-refractivity contribution is -0.121. The number of nitrogen functional groups attached to an aromatic ring is 1. The zero-order valence-electron chi connectivity index (χ0n) is 12.1. The van der Waals surface area contributed by atoms with Gasteiger partial charge in [-0.25, -0.2) is 0 Å². The molecule has 0 unspecified atom stereocenters. The first kappa shape index (κ1) is 16.2. The molecular weight excluding hydrogens is 258 g/mol. The van der Waals surface area contributed by atoms with Crippen LogP contribution in [0.3, 0.4) is 0 Å². The van der Waals surface area contributed by atoms with Gasteiger partial charge < -0.3 is 20.4 Å². The lowest BCUT2D eigenvalue weighted by atomic mass is 10.1. The maximum Gasteiger partial charge on any atom is 0.251 e. The minimum atomic E-state index is -0.248. The number of hydrogen-bond donors (Lipinski definition) is 2. The van der Waals surface area contributed by atoms with Gasteiger partial charge in [0.15, 0.2) is 0 Å². The molecule has 0 fully saturated rings. The van der Waals surface area contributed by atoms with E-state index in [2.05, 4.69) is 19.2 Å². The molecule has 6 heteroatoms. The van der Waals surface area contributed by atoms with Crippen LogP contribution in [0.2, 0.25) is 0 Å². The zero-order valence-corrected chi connectivity index (χ0v) is 12.1. The molecule has 0 aliphatic carbocycles. The van der Waals surface area contributed by atoms with Crippen molar-refractivity contribution < 1.29 is 9.53 Å². The summed E-state index contributed by atoms with van der Waals surface area (Å²) in [6.45, 7) is 5.85. The van der Waals surface area contributed by atoms with Crippen LogP contribution >= 0.6 is 0 Å². The van der Waals surface area contributed by atoms with Crippen molar-refractivity contribution >= 4 is 11.6 Å². The maximum absolute atomic E-state index is 11.6. The van der Waals surface area contributed by atoms with Crippen LogP contribution in [-0.2, 0) is 16.1 Å². The first-order valence-electron chi connectivity index (χ1n) is 6.79. The standard InChI is InChI=1S/C14H23N3O3/c1-11(2)5-7-20-8-6-16-13(18)10-17-9-12(15)3-4-14(17)19/h3-4,9,11H,5-8,10,15H2,1-2H3,(H,16,18). The number of hydrogen-bond acceptors (Lipinski definition) is 4. The third-order valence-corrected chi connectivity index (χ3v) is 2.73. The van der Waals surface area contributed by atoms with Crippen LogP contribution in [0.25, 0.3) is 0 Å². The predicted octanol–water partition coefficient (Wildman–Crippen LogP) is 0.609. The lowest BCUT2D eigenvalue weighted by Crippen LogP contribution is -2.33. The minimum absolute atomic E-state index is 0.0319. The second-order valence-corrected chi connectivity index (χ2v) is 5.07. The van der Waals surface area contributed by atoms with Crippen molar-refractivity contribution in [1.29, 1.82) is 0 Å². The number of rotatable bonds is 8. The highest BCUT2D eigenvalue weighted by Crippen LogP contribution is 1.98. The van der Waals surface area contributed by atoms with E-state index in [1.807, 2.05) is 0 Å². The number of amides is 1. The number of carbonyl (C=O) groups excluding carboxylic acids is 1. The molecule has 0 saturated carbocycles. The quantitative estimate of drug-likeness (QED) is 0.684. The average molecular weight is 281 g/mol. The highest BCUT2D eigenvalue weighted by atomic mass is 16.5. The summed E-state index contributed by atoms with van der Waals surface area (Å²) in [4.78, 5) is 23.1. The van der Waals surface area contributed by atoms with Crippen molar-refractivity contribution in [3.05, 3.63) is 28.7 Å². The second-order valence-electron chi connectivity index (χ2n) is 5.07. The van der Waals surface area contributed by atoms with Crippen molar-refractivity contribution in [2.45, 2.75) is 26.8 Å². The molecule has 0 atom stereocenters. The Morgan fingerprint density at radius 2 is 2.15 bits per heavy atom. The van der Waals surface area contributed by atoms with Gasteiger partial charge in [0, 0.05) is 31.1 Å². The monoisotopic (exact) mass is 281 g/mol. The first-order valence-corrected chi connectivity index (χ1v) is 6.79. The van der Waals surface area contributed by atoms with Crippen molar-refractivity contribution in [2.24, 2.45) is 5.92 Å². The predicted molar refractivity (Wildman–Crippen MR) is 78.4 cm³/mol. The fraction of sp³-hybridized carbons (Fsp3) is 0.571. The van der Waals surface area contributed by atoms with Gasteiger partial charge >= 0.3 is 0 Å². The largest absolute Gasteiger partial charge is 0.398 e. The molecule has 0 aliphatic rings. The van der Waals surface area contributed by atoms with Crippen LogP contribution in [0.15, 0.2) is 23.1 Å². The number of ether oxygens (including phenoxy) is 1. The summed E-state index contributed by atoms with van der Waals surface area (Å²) in [5.41, 5.74) is 5.78. The molecule has 0 saturated heterocycles. The Labute approximate surface area is 118 Å². The Morgan fingerprint density at radius 3 is 2.85 bits per heavy atom. The fourth-order valence-electron chi connectivity index (χ4n) is 1.57. The Kier molecular flexibility index (Phi) is 6.79. The Balaban J connectivity index is 2.23. The highest BCUT2D eigenvalue weighted by molar-refractivity contribution is 5.75. The van der Waals surface area contributed by atoms with E-state index in [4.69, 9.17) is 10.5 Å². The molecule has 1 aromatic rings. The normalized spacial score (nSPS) is 10.8. The van der Waals surface area contributed by atoms with E-state index in [1.165, 1.54) is 22.9 Å². The summed E-state index contributed by atoms with van der Waals surface area (Å²) >= 11 is 0. The van der Waals surface area contributed by atoms with E-state index in [-0.39, 0.29) is 18.0 Å². The van der Waals surface area contributed by atoms with Crippen molar-refractivity contribution in [3.63, 3.8) is 0 Å². The second kappa shape index (κ2) is 8.37. The molecule has 1 heterocycles. The number of pyridine rings is 1. The Hall–Kier alpha value is -1.82. The van der Waals surface area contributed by atoms with Gasteiger partial charge in [0.1, 0.15) is 6.54 Å². The van der Waals surface area contributed by atoms with Crippen LogP contribution in [0.4, 0.5) is 5.69 Å². The summed E-state index contributed by atoms with van der Waals surface area (Å²) in [7, 11) is 0. The van der Waals surface area contributed by atoms with Gasteiger partial charge in [-0.05, 0) is 18.4 Å². The Morgan fingerprint density at radius 1 is 1.40 bits per heavy atom. The lowest BCUT2D eigenvalue weighted by Gasteiger charge is -2.09. The van der Waals surface area contributed by atoms with Crippen LogP contribution in [0, 0.1) is 5.92 Å². The molecule has 0 aromatic carbocycles. The van der Waals surface area contributed by atoms with Crippen LogP contribution in [0.1, 0.15) is 20.3 Å². The third kappa shape index (κ3) is 6.38. The number of nitrogens with zero attached hydrogens (tertiary/aromatic N) is 1. The fourth-order valence-corrected chi connectivity index (χ4v) is 1.57. The van der Waals surface area contributed by atoms with Crippen LogP contribution in [0.5, 0.6) is 0 Å². The van der Waals surface area contributed by atoms with Crippen molar-refractivity contribution in [1.82, 2.24) is 9.88 Å². The number of nitrogens with two attached hydrogens (primary N) is 1. The molecule has 20 heavy (non-hydrogen) atoms. The summed E-state index contributed by atoms with van der Waals surface area (Å²) in [5.74, 6) is 0.380. The van der Waals surface area contributed by atoms with E-state index in [0.29, 0.717) is 31.4 Å².